The Morgan fingerprint density at radius 3 is 2.80 bits per heavy atom. The van der Waals surface area contributed by atoms with Crippen molar-refractivity contribution in [3.8, 4) is 0 Å². The van der Waals surface area contributed by atoms with E-state index in [0.717, 1.165) is 15.0 Å². The lowest BCUT2D eigenvalue weighted by Gasteiger charge is -2.18. The number of hydrogen-bond donors (Lipinski definition) is 0. The molecule has 0 fully saturated rings. The molecule has 20 heavy (non-hydrogen) atoms. The van der Waals surface area contributed by atoms with Crippen molar-refractivity contribution in [2.75, 3.05) is 13.1 Å². The van der Waals surface area contributed by atoms with Gasteiger partial charge in [0.15, 0.2) is 5.17 Å². The summed E-state index contributed by atoms with van der Waals surface area (Å²) in [6.07, 6.45) is -4.46. The number of alkyl halides is 3. The van der Waals surface area contributed by atoms with Gasteiger partial charge in [0.05, 0.1) is 26.6 Å². The van der Waals surface area contributed by atoms with Crippen LogP contribution < -0.4 is 0 Å². The zero-order valence-corrected chi connectivity index (χ0v) is 13.0. The van der Waals surface area contributed by atoms with Crippen LogP contribution in [-0.2, 0) is 6.18 Å². The summed E-state index contributed by atoms with van der Waals surface area (Å²) < 4.78 is 39.5. The standard InChI is InChI=1S/C12H7BrClF3N2S/c13-10-9(19-4-3-18-11(19)20-10)6-1-2-8(14)7(5-6)12(15,16)17/h1-2,5H,3-4H2. The van der Waals surface area contributed by atoms with Crippen molar-refractivity contribution in [1.29, 1.82) is 0 Å². The Hall–Kier alpha value is -0.660. The molecule has 8 heteroatoms. The normalized spacial score (nSPS) is 18.6. The second-order valence-corrected chi connectivity index (χ2v) is 6.94. The SMILES string of the molecule is FC(F)(F)c1cc(C2=C(Br)SC3=NCCN32)ccc1Cl. The quantitative estimate of drug-likeness (QED) is 0.692. The van der Waals surface area contributed by atoms with Gasteiger partial charge in [-0.3, -0.25) is 4.99 Å². The molecule has 0 aromatic heterocycles. The Morgan fingerprint density at radius 1 is 1.35 bits per heavy atom. The fraction of sp³-hybridized carbons (Fsp3) is 0.250. The first-order valence-corrected chi connectivity index (χ1v) is 7.63. The number of halogens is 5. The van der Waals surface area contributed by atoms with E-state index in [9.17, 15) is 13.2 Å². The minimum Gasteiger partial charge on any atom is -0.317 e. The van der Waals surface area contributed by atoms with Gasteiger partial charge in [0.2, 0.25) is 0 Å². The van der Waals surface area contributed by atoms with Crippen molar-refractivity contribution < 1.29 is 13.2 Å². The van der Waals surface area contributed by atoms with Gasteiger partial charge in [-0.25, -0.2) is 0 Å². The first-order valence-electron chi connectivity index (χ1n) is 5.64. The first kappa shape index (κ1) is 14.3. The van der Waals surface area contributed by atoms with E-state index >= 15 is 0 Å². The monoisotopic (exact) mass is 382 g/mol. The first-order chi connectivity index (χ1) is 9.38. The van der Waals surface area contributed by atoms with Crippen molar-refractivity contribution in [2.24, 2.45) is 4.99 Å². The minimum absolute atomic E-state index is 0.293. The Kier molecular flexibility index (Phi) is 3.54. The third kappa shape index (κ3) is 2.35. The molecule has 0 unspecified atom stereocenters. The molecule has 0 bridgehead atoms. The molecule has 3 rings (SSSR count). The van der Waals surface area contributed by atoms with Crippen LogP contribution in [0.2, 0.25) is 5.02 Å². The summed E-state index contributed by atoms with van der Waals surface area (Å²) in [4.78, 5) is 6.21. The maximum atomic E-state index is 12.9. The van der Waals surface area contributed by atoms with Crippen LogP contribution in [0.25, 0.3) is 5.70 Å². The van der Waals surface area contributed by atoms with Crippen LogP contribution in [0.15, 0.2) is 27.0 Å². The molecule has 0 saturated carbocycles. The highest BCUT2D eigenvalue weighted by Gasteiger charge is 2.36. The van der Waals surface area contributed by atoms with Crippen LogP contribution in [0.5, 0.6) is 0 Å². The van der Waals surface area contributed by atoms with Crippen molar-refractivity contribution >= 4 is 50.2 Å². The predicted octanol–water partition coefficient (Wildman–Crippen LogP) is 4.80. The molecular formula is C12H7BrClF3N2S. The van der Waals surface area contributed by atoms with Crippen LogP contribution >= 0.6 is 39.3 Å². The molecule has 0 spiro atoms. The van der Waals surface area contributed by atoms with Crippen LogP contribution in [0, 0.1) is 0 Å². The van der Waals surface area contributed by atoms with Gasteiger partial charge in [-0.05, 0) is 39.8 Å². The number of amidine groups is 1. The zero-order chi connectivity index (χ0) is 14.5. The third-order valence-corrected chi connectivity index (χ3v) is 5.08. The van der Waals surface area contributed by atoms with Gasteiger partial charge in [-0.2, -0.15) is 13.2 Å². The molecule has 2 nitrogen and oxygen atoms in total. The van der Waals surface area contributed by atoms with E-state index in [4.69, 9.17) is 11.6 Å². The van der Waals surface area contributed by atoms with Crippen LogP contribution in [0.4, 0.5) is 13.2 Å². The molecule has 0 atom stereocenters. The van der Waals surface area contributed by atoms with Gasteiger partial charge in [-0.15, -0.1) is 0 Å². The number of thioether (sulfide) groups is 1. The summed E-state index contributed by atoms with van der Waals surface area (Å²) in [6.45, 7) is 1.34. The number of hydrogen-bond acceptors (Lipinski definition) is 3. The van der Waals surface area contributed by atoms with E-state index in [-0.39, 0.29) is 5.02 Å². The summed E-state index contributed by atoms with van der Waals surface area (Å²) in [5.41, 5.74) is 0.376. The summed E-state index contributed by atoms with van der Waals surface area (Å²) in [6, 6.07) is 3.96. The van der Waals surface area contributed by atoms with Gasteiger partial charge in [0.1, 0.15) is 0 Å². The summed E-state index contributed by atoms with van der Waals surface area (Å²) in [5.74, 6) is 0. The third-order valence-electron chi connectivity index (χ3n) is 2.98. The lowest BCUT2D eigenvalue weighted by molar-refractivity contribution is -0.137. The van der Waals surface area contributed by atoms with Crippen molar-refractivity contribution in [3.63, 3.8) is 0 Å². The van der Waals surface area contributed by atoms with Gasteiger partial charge < -0.3 is 4.90 Å². The average molecular weight is 384 g/mol. The second-order valence-electron chi connectivity index (χ2n) is 4.23. The van der Waals surface area contributed by atoms with Gasteiger partial charge in [0.25, 0.3) is 0 Å². The van der Waals surface area contributed by atoms with Crippen molar-refractivity contribution in [1.82, 2.24) is 4.90 Å². The lowest BCUT2D eigenvalue weighted by Crippen LogP contribution is -2.20. The van der Waals surface area contributed by atoms with E-state index in [1.54, 1.807) is 6.07 Å². The highest BCUT2D eigenvalue weighted by molar-refractivity contribution is 9.14. The topological polar surface area (TPSA) is 15.6 Å². The van der Waals surface area contributed by atoms with Crippen LogP contribution in [-0.4, -0.2) is 23.2 Å². The van der Waals surface area contributed by atoms with E-state index in [0.29, 0.717) is 24.4 Å². The number of benzene rings is 1. The molecule has 0 aliphatic carbocycles. The molecule has 0 N–H and O–H groups in total. The van der Waals surface area contributed by atoms with E-state index in [1.807, 2.05) is 4.90 Å². The smallest absolute Gasteiger partial charge is 0.317 e. The second kappa shape index (κ2) is 4.96. The summed E-state index contributed by atoms with van der Waals surface area (Å²) in [5, 5.41) is 0.523. The zero-order valence-electron chi connectivity index (χ0n) is 9.84. The van der Waals surface area contributed by atoms with Gasteiger partial charge in [0, 0.05) is 12.1 Å². The van der Waals surface area contributed by atoms with Crippen molar-refractivity contribution in [3.05, 3.63) is 38.2 Å². The Labute approximate surface area is 130 Å². The fourth-order valence-corrected chi connectivity index (χ4v) is 4.15. The lowest BCUT2D eigenvalue weighted by atomic mass is 10.1. The Balaban J connectivity index is 2.08. The number of aliphatic imine (C=N–C) groups is 1. The average Bonchev–Trinajstić information content (AvgIpc) is 2.88. The molecule has 0 radical (unpaired) electrons. The maximum absolute atomic E-state index is 12.9. The molecule has 2 heterocycles. The van der Waals surface area contributed by atoms with E-state index < -0.39 is 11.7 Å². The number of nitrogens with zero attached hydrogens (tertiary/aromatic N) is 2. The minimum atomic E-state index is -4.46. The Morgan fingerprint density at radius 2 is 2.10 bits per heavy atom. The Bertz CT molecular complexity index is 642. The molecule has 1 aromatic rings. The molecule has 0 amide bonds. The summed E-state index contributed by atoms with van der Waals surface area (Å²) in [7, 11) is 0. The fourth-order valence-electron chi connectivity index (χ4n) is 2.12. The predicted molar refractivity (Wildman–Crippen MR) is 78.9 cm³/mol. The number of fused-ring (bicyclic) bond motifs is 1. The number of rotatable bonds is 1. The van der Waals surface area contributed by atoms with Crippen LogP contribution in [0.3, 0.4) is 0 Å². The van der Waals surface area contributed by atoms with Gasteiger partial charge >= 0.3 is 6.18 Å². The van der Waals surface area contributed by atoms with Crippen molar-refractivity contribution in [2.45, 2.75) is 6.18 Å². The molecule has 2 aliphatic rings. The van der Waals surface area contributed by atoms with Gasteiger partial charge in [-0.1, -0.05) is 17.7 Å². The summed E-state index contributed by atoms with van der Waals surface area (Å²) >= 11 is 10.5. The molecular weight excluding hydrogens is 377 g/mol. The van der Waals surface area contributed by atoms with E-state index in [2.05, 4.69) is 20.9 Å². The molecule has 106 valence electrons. The van der Waals surface area contributed by atoms with E-state index in [1.165, 1.54) is 17.8 Å². The molecule has 0 saturated heterocycles. The molecule has 2 aliphatic heterocycles. The molecule has 1 aromatic carbocycles. The van der Waals surface area contributed by atoms with Crippen LogP contribution in [0.1, 0.15) is 11.1 Å². The highest BCUT2D eigenvalue weighted by atomic mass is 79.9. The largest absolute Gasteiger partial charge is 0.417 e. The maximum Gasteiger partial charge on any atom is 0.417 e. The highest BCUT2D eigenvalue weighted by Crippen LogP contribution is 2.46.